The fourth-order valence-corrected chi connectivity index (χ4v) is 2.25. The van der Waals surface area contributed by atoms with Gasteiger partial charge in [0.2, 0.25) is 11.6 Å². The largest absolute Gasteiger partial charge is 0.489 e. The third kappa shape index (κ3) is 4.91. The Kier molecular flexibility index (Phi) is 6.52. The molecule has 0 spiro atoms. The number of carbonyl (C=O) groups is 1. The maximum Gasteiger partial charge on any atom is 0.415 e. The van der Waals surface area contributed by atoms with Crippen LogP contribution < -0.4 is 18.9 Å². The zero-order chi connectivity index (χ0) is 19.3. The molecule has 1 heterocycles. The first-order valence-electron chi connectivity index (χ1n) is 8.43. The second-order valence-electron chi connectivity index (χ2n) is 6.04. The van der Waals surface area contributed by atoms with Gasteiger partial charge in [-0.25, -0.2) is 4.79 Å². The van der Waals surface area contributed by atoms with Crippen LogP contribution in [0.4, 0.5) is 4.79 Å². The molecular formula is C17H28N2O5. The molecule has 0 saturated heterocycles. The van der Waals surface area contributed by atoms with Crippen molar-refractivity contribution in [3.8, 4) is 23.3 Å². The van der Waals surface area contributed by atoms with Crippen LogP contribution in [0.5, 0.6) is 23.3 Å². The normalized spacial score (nSPS) is 11.5. The van der Waals surface area contributed by atoms with E-state index in [1.807, 2.05) is 41.5 Å². The quantitative estimate of drug-likeness (QED) is 0.756. The third-order valence-electron chi connectivity index (χ3n) is 3.08. The average molecular weight is 341 g/mol. The van der Waals surface area contributed by atoms with Crippen molar-refractivity contribution in [2.24, 2.45) is 0 Å². The molecule has 0 unspecified atom stereocenters. The highest BCUT2D eigenvalue weighted by molar-refractivity contribution is 5.73. The van der Waals surface area contributed by atoms with Gasteiger partial charge in [-0.2, -0.15) is 4.98 Å². The van der Waals surface area contributed by atoms with E-state index >= 15 is 0 Å². The van der Waals surface area contributed by atoms with Gasteiger partial charge in [-0.15, -0.1) is 0 Å². The van der Waals surface area contributed by atoms with Crippen LogP contribution in [-0.4, -0.2) is 48.4 Å². The predicted octanol–water partition coefficient (Wildman–Crippen LogP) is 3.50. The highest BCUT2D eigenvalue weighted by Gasteiger charge is 2.25. The highest BCUT2D eigenvalue weighted by Crippen LogP contribution is 2.39. The lowest BCUT2D eigenvalue weighted by Gasteiger charge is -2.29. The van der Waals surface area contributed by atoms with Crippen LogP contribution >= 0.6 is 0 Å². The Balaban J connectivity index is 3.38. The van der Waals surface area contributed by atoms with E-state index in [0.29, 0.717) is 0 Å². The summed E-state index contributed by atoms with van der Waals surface area (Å²) < 4.78 is 29.7. The number of nitrogens with zero attached hydrogens (tertiary/aromatic N) is 2. The SMILES string of the molecule is [2H]c1c(OC(C)C)nc(OC)c(OC)c1OC(=O)N(C(C)C)C(C)C. The summed E-state index contributed by atoms with van der Waals surface area (Å²) in [6.45, 7) is 11.2. The summed E-state index contributed by atoms with van der Waals surface area (Å²) >= 11 is 0. The fourth-order valence-electron chi connectivity index (χ4n) is 2.25. The van der Waals surface area contributed by atoms with Crippen LogP contribution in [0.3, 0.4) is 0 Å². The smallest absolute Gasteiger partial charge is 0.415 e. The Morgan fingerprint density at radius 3 is 2.12 bits per heavy atom. The number of hydrogen-bond donors (Lipinski definition) is 0. The van der Waals surface area contributed by atoms with Crippen molar-refractivity contribution in [3.63, 3.8) is 0 Å². The molecule has 0 aromatic carbocycles. The minimum absolute atomic E-state index is 0.0103. The van der Waals surface area contributed by atoms with Gasteiger partial charge in [0.25, 0.3) is 5.88 Å². The maximum atomic E-state index is 12.6. The molecule has 24 heavy (non-hydrogen) atoms. The van der Waals surface area contributed by atoms with Crippen LogP contribution in [0.25, 0.3) is 0 Å². The lowest BCUT2D eigenvalue weighted by Crippen LogP contribution is -2.43. The van der Waals surface area contributed by atoms with Crippen molar-refractivity contribution in [3.05, 3.63) is 6.04 Å². The van der Waals surface area contributed by atoms with E-state index in [-0.39, 0.29) is 47.5 Å². The van der Waals surface area contributed by atoms with Crippen LogP contribution in [0.2, 0.25) is 0 Å². The van der Waals surface area contributed by atoms with E-state index in [2.05, 4.69) is 4.98 Å². The van der Waals surface area contributed by atoms with E-state index < -0.39 is 6.09 Å². The molecule has 1 amide bonds. The topological polar surface area (TPSA) is 70.1 Å². The predicted molar refractivity (Wildman–Crippen MR) is 91.2 cm³/mol. The summed E-state index contributed by atoms with van der Waals surface area (Å²) in [7, 11) is 2.80. The summed E-state index contributed by atoms with van der Waals surface area (Å²) in [6, 6.07) is -0.308. The van der Waals surface area contributed by atoms with Crippen molar-refractivity contribution in [2.75, 3.05) is 14.2 Å². The van der Waals surface area contributed by atoms with Crippen molar-refractivity contribution in [2.45, 2.75) is 59.7 Å². The number of methoxy groups -OCH3 is 2. The monoisotopic (exact) mass is 341 g/mol. The van der Waals surface area contributed by atoms with Gasteiger partial charge < -0.3 is 23.8 Å². The van der Waals surface area contributed by atoms with Crippen LogP contribution in [0.15, 0.2) is 6.04 Å². The van der Waals surface area contributed by atoms with Crippen molar-refractivity contribution >= 4 is 6.09 Å². The highest BCUT2D eigenvalue weighted by atomic mass is 16.6. The molecule has 0 N–H and O–H groups in total. The fraction of sp³-hybridized carbons (Fsp3) is 0.647. The van der Waals surface area contributed by atoms with E-state index in [1.54, 1.807) is 4.90 Å². The van der Waals surface area contributed by atoms with Crippen LogP contribution in [0, 0.1) is 0 Å². The number of rotatable bonds is 7. The number of ether oxygens (including phenoxy) is 4. The number of aromatic nitrogens is 1. The molecule has 7 heteroatoms. The molecule has 136 valence electrons. The lowest BCUT2D eigenvalue weighted by atomic mass is 10.2. The molecule has 0 bridgehead atoms. The Hall–Kier alpha value is -2.18. The van der Waals surface area contributed by atoms with E-state index in [9.17, 15) is 4.79 Å². The van der Waals surface area contributed by atoms with E-state index in [1.165, 1.54) is 14.2 Å². The Labute approximate surface area is 145 Å². The van der Waals surface area contributed by atoms with Gasteiger partial charge in [0.05, 0.1) is 21.7 Å². The molecular weight excluding hydrogens is 312 g/mol. The Bertz CT molecular complexity index is 597. The molecule has 7 nitrogen and oxygen atoms in total. The molecule has 0 radical (unpaired) electrons. The Morgan fingerprint density at radius 1 is 1.12 bits per heavy atom. The van der Waals surface area contributed by atoms with Crippen molar-refractivity contribution in [1.29, 1.82) is 0 Å². The van der Waals surface area contributed by atoms with Gasteiger partial charge in [0, 0.05) is 18.1 Å². The second-order valence-corrected chi connectivity index (χ2v) is 6.04. The number of pyridine rings is 1. The molecule has 1 aromatic heterocycles. The van der Waals surface area contributed by atoms with Gasteiger partial charge in [-0.1, -0.05) is 0 Å². The van der Waals surface area contributed by atoms with Crippen LogP contribution in [0.1, 0.15) is 42.9 Å². The maximum absolute atomic E-state index is 12.6. The molecule has 0 aliphatic carbocycles. The summed E-state index contributed by atoms with van der Waals surface area (Å²) in [5.74, 6) is 0.0828. The molecule has 1 aromatic rings. The number of amides is 1. The van der Waals surface area contributed by atoms with E-state index in [0.717, 1.165) is 0 Å². The lowest BCUT2D eigenvalue weighted by molar-refractivity contribution is 0.121. The van der Waals surface area contributed by atoms with Gasteiger partial charge in [0.15, 0.2) is 5.75 Å². The molecule has 0 fully saturated rings. The molecule has 1 rings (SSSR count). The standard InChI is InChI=1S/C17H28N2O5/c1-10(2)19(11(3)4)17(20)24-13-9-14(23-12(5)6)18-16(22-8)15(13)21-7/h9-12H,1-8H3/i9D. The summed E-state index contributed by atoms with van der Waals surface area (Å²) in [5.41, 5.74) is 0. The Morgan fingerprint density at radius 2 is 1.71 bits per heavy atom. The first-order chi connectivity index (χ1) is 11.6. The van der Waals surface area contributed by atoms with Crippen LogP contribution in [-0.2, 0) is 0 Å². The van der Waals surface area contributed by atoms with Crippen molar-refractivity contribution in [1.82, 2.24) is 9.88 Å². The molecule has 0 aliphatic rings. The van der Waals surface area contributed by atoms with Gasteiger partial charge >= 0.3 is 6.09 Å². The molecule has 0 aliphatic heterocycles. The number of carbonyl (C=O) groups excluding carboxylic acids is 1. The zero-order valence-corrected chi connectivity index (χ0v) is 15.7. The first kappa shape index (κ1) is 18.2. The minimum Gasteiger partial charge on any atom is -0.489 e. The molecule has 0 saturated carbocycles. The second kappa shape index (κ2) is 8.61. The number of hydrogen-bond acceptors (Lipinski definition) is 6. The van der Waals surface area contributed by atoms with Gasteiger partial charge in [0.1, 0.15) is 0 Å². The van der Waals surface area contributed by atoms with Gasteiger partial charge in [-0.3, -0.25) is 0 Å². The molecule has 0 atom stereocenters. The summed E-state index contributed by atoms with van der Waals surface area (Å²) in [6.07, 6.45) is -0.790. The minimum atomic E-state index is -0.583. The average Bonchev–Trinajstić information content (AvgIpc) is 2.49. The van der Waals surface area contributed by atoms with Crippen molar-refractivity contribution < 1.29 is 25.1 Å². The van der Waals surface area contributed by atoms with Gasteiger partial charge in [-0.05, 0) is 41.5 Å². The zero-order valence-electron chi connectivity index (χ0n) is 16.7. The third-order valence-corrected chi connectivity index (χ3v) is 3.08. The first-order valence-corrected chi connectivity index (χ1v) is 7.93. The summed E-state index contributed by atoms with van der Waals surface area (Å²) in [4.78, 5) is 18.3. The van der Waals surface area contributed by atoms with E-state index in [4.69, 9.17) is 20.3 Å². The summed E-state index contributed by atoms with van der Waals surface area (Å²) in [5, 5.41) is 0.